The molecule has 0 unspecified atom stereocenters. The summed E-state index contributed by atoms with van der Waals surface area (Å²) in [5.74, 6) is -0.535. The van der Waals surface area contributed by atoms with E-state index in [2.05, 4.69) is 4.72 Å². The molecule has 0 amide bonds. The molecule has 0 spiro atoms. The highest BCUT2D eigenvalue weighted by Gasteiger charge is 2.21. The first kappa shape index (κ1) is 15.5. The normalized spacial score (nSPS) is 11.1. The van der Waals surface area contributed by atoms with E-state index in [0.717, 1.165) is 4.88 Å². The Kier molecular flexibility index (Phi) is 4.64. The van der Waals surface area contributed by atoms with Gasteiger partial charge in [0.05, 0.1) is 17.1 Å². The summed E-state index contributed by atoms with van der Waals surface area (Å²) in [7, 11) is -3.72. The third kappa shape index (κ3) is 3.62. The molecule has 0 aliphatic carbocycles. The van der Waals surface area contributed by atoms with Gasteiger partial charge in [-0.05, 0) is 32.0 Å². The lowest BCUT2D eigenvalue weighted by Gasteiger charge is -2.08. The molecule has 0 radical (unpaired) electrons. The van der Waals surface area contributed by atoms with Crippen molar-refractivity contribution in [1.29, 1.82) is 0 Å². The van der Waals surface area contributed by atoms with Crippen molar-refractivity contribution >= 4 is 32.3 Å². The van der Waals surface area contributed by atoms with Gasteiger partial charge < -0.3 is 4.74 Å². The topological polar surface area (TPSA) is 72.5 Å². The number of aryl methyl sites for hydroxylation is 1. The summed E-state index contributed by atoms with van der Waals surface area (Å²) in [5.41, 5.74) is 0.235. The number of thiophene rings is 1. The summed E-state index contributed by atoms with van der Waals surface area (Å²) >= 11 is 1.20. The van der Waals surface area contributed by atoms with Crippen molar-refractivity contribution in [1.82, 2.24) is 0 Å². The number of sulfonamides is 1. The zero-order valence-corrected chi connectivity index (χ0v) is 13.3. The van der Waals surface area contributed by atoms with Crippen molar-refractivity contribution in [3.05, 3.63) is 46.8 Å². The molecule has 1 heterocycles. The maximum atomic E-state index is 12.3. The van der Waals surface area contributed by atoms with E-state index in [1.165, 1.54) is 23.5 Å². The fourth-order valence-corrected chi connectivity index (χ4v) is 3.97. The smallest absolute Gasteiger partial charge is 0.341 e. The maximum Gasteiger partial charge on any atom is 0.341 e. The molecule has 112 valence electrons. The highest BCUT2D eigenvalue weighted by Crippen LogP contribution is 2.30. The van der Waals surface area contributed by atoms with Crippen LogP contribution in [0.2, 0.25) is 0 Å². The lowest BCUT2D eigenvalue weighted by Crippen LogP contribution is -2.14. The minimum Gasteiger partial charge on any atom is -0.462 e. The summed E-state index contributed by atoms with van der Waals surface area (Å²) in [6, 6.07) is 9.62. The standard InChI is InChI=1S/C14H15NO4S2/c1-3-19-14(16)12-9-10(2)20-13(12)15-21(17,18)11-7-5-4-6-8-11/h4-9,15H,3H2,1-2H3. The van der Waals surface area contributed by atoms with Gasteiger partial charge in [0, 0.05) is 4.88 Å². The Balaban J connectivity index is 2.34. The van der Waals surface area contributed by atoms with Crippen LogP contribution in [0.3, 0.4) is 0 Å². The molecular formula is C14H15NO4S2. The Bertz CT molecular complexity index is 736. The molecule has 5 nitrogen and oxygen atoms in total. The van der Waals surface area contributed by atoms with Crippen LogP contribution in [0, 0.1) is 6.92 Å². The Labute approximate surface area is 127 Å². The molecule has 2 rings (SSSR count). The predicted octanol–water partition coefficient (Wildman–Crippen LogP) is 3.03. The van der Waals surface area contributed by atoms with Crippen molar-refractivity contribution < 1.29 is 17.9 Å². The molecule has 0 fully saturated rings. The van der Waals surface area contributed by atoms with E-state index in [1.807, 2.05) is 0 Å². The van der Waals surface area contributed by atoms with E-state index < -0.39 is 16.0 Å². The number of nitrogens with one attached hydrogen (secondary N) is 1. The summed E-state index contributed by atoms with van der Waals surface area (Å²) in [4.78, 5) is 12.8. The third-order valence-electron chi connectivity index (χ3n) is 2.63. The van der Waals surface area contributed by atoms with E-state index >= 15 is 0 Å². The Morgan fingerprint density at radius 3 is 2.57 bits per heavy atom. The van der Waals surface area contributed by atoms with Gasteiger partial charge in [-0.2, -0.15) is 0 Å². The number of ether oxygens (including phenoxy) is 1. The van der Waals surface area contributed by atoms with Gasteiger partial charge in [0.1, 0.15) is 5.00 Å². The van der Waals surface area contributed by atoms with Crippen LogP contribution in [0.15, 0.2) is 41.3 Å². The van der Waals surface area contributed by atoms with Crippen molar-refractivity contribution in [2.45, 2.75) is 18.7 Å². The second kappa shape index (κ2) is 6.28. The average molecular weight is 325 g/mol. The largest absolute Gasteiger partial charge is 0.462 e. The van der Waals surface area contributed by atoms with Crippen LogP contribution >= 0.6 is 11.3 Å². The van der Waals surface area contributed by atoms with E-state index in [1.54, 1.807) is 38.1 Å². The zero-order valence-electron chi connectivity index (χ0n) is 11.6. The number of carbonyl (C=O) groups is 1. The second-order valence-electron chi connectivity index (χ2n) is 4.24. The van der Waals surface area contributed by atoms with Crippen molar-refractivity contribution in [3.63, 3.8) is 0 Å². The van der Waals surface area contributed by atoms with Gasteiger partial charge in [0.15, 0.2) is 0 Å². The molecule has 1 aromatic carbocycles. The molecule has 0 saturated heterocycles. The molecule has 1 aromatic heterocycles. The molecule has 0 saturated carbocycles. The quantitative estimate of drug-likeness (QED) is 0.858. The van der Waals surface area contributed by atoms with Crippen LogP contribution in [0.25, 0.3) is 0 Å². The van der Waals surface area contributed by atoms with Gasteiger partial charge in [-0.1, -0.05) is 18.2 Å². The van der Waals surface area contributed by atoms with Crippen LogP contribution in [0.4, 0.5) is 5.00 Å². The molecule has 2 aromatic rings. The summed E-state index contributed by atoms with van der Waals surface area (Å²) in [6.07, 6.45) is 0. The van der Waals surface area contributed by atoms with Gasteiger partial charge in [-0.3, -0.25) is 4.72 Å². The number of esters is 1. The number of rotatable bonds is 5. The lowest BCUT2D eigenvalue weighted by atomic mass is 10.3. The highest BCUT2D eigenvalue weighted by molar-refractivity contribution is 7.93. The fraction of sp³-hybridized carbons (Fsp3) is 0.214. The number of hydrogen-bond donors (Lipinski definition) is 1. The van der Waals surface area contributed by atoms with Crippen LogP contribution in [0.5, 0.6) is 0 Å². The molecular weight excluding hydrogens is 310 g/mol. The highest BCUT2D eigenvalue weighted by atomic mass is 32.2. The van der Waals surface area contributed by atoms with Gasteiger partial charge in [0.2, 0.25) is 0 Å². The average Bonchev–Trinajstić information content (AvgIpc) is 2.80. The third-order valence-corrected chi connectivity index (χ3v) is 5.09. The first-order valence-corrected chi connectivity index (χ1v) is 8.59. The summed E-state index contributed by atoms with van der Waals surface area (Å²) in [5, 5.41) is 0.273. The SMILES string of the molecule is CCOC(=O)c1cc(C)sc1NS(=O)(=O)c1ccccc1. The number of hydrogen-bond acceptors (Lipinski definition) is 5. The number of carbonyl (C=O) groups excluding carboxylic acids is 1. The first-order valence-electron chi connectivity index (χ1n) is 6.29. The number of anilines is 1. The van der Waals surface area contributed by atoms with E-state index in [9.17, 15) is 13.2 Å². The monoisotopic (exact) mass is 325 g/mol. The second-order valence-corrected chi connectivity index (χ2v) is 7.18. The van der Waals surface area contributed by atoms with Gasteiger partial charge in [-0.25, -0.2) is 13.2 Å². The van der Waals surface area contributed by atoms with Crippen LogP contribution in [-0.4, -0.2) is 21.0 Å². The molecule has 21 heavy (non-hydrogen) atoms. The van der Waals surface area contributed by atoms with Gasteiger partial charge in [0.25, 0.3) is 10.0 Å². The van der Waals surface area contributed by atoms with Gasteiger partial charge in [-0.15, -0.1) is 11.3 Å². The molecule has 0 atom stereocenters. The number of benzene rings is 1. The van der Waals surface area contributed by atoms with Crippen LogP contribution < -0.4 is 4.72 Å². The molecule has 7 heteroatoms. The molecule has 0 aliphatic rings. The van der Waals surface area contributed by atoms with Crippen LogP contribution in [0.1, 0.15) is 22.2 Å². The molecule has 0 aliphatic heterocycles. The van der Waals surface area contributed by atoms with E-state index in [-0.39, 0.29) is 22.1 Å². The fourth-order valence-electron chi connectivity index (χ4n) is 1.73. The summed E-state index contributed by atoms with van der Waals surface area (Å²) < 4.78 is 32.0. The Hall–Kier alpha value is -1.86. The van der Waals surface area contributed by atoms with Crippen molar-refractivity contribution in [3.8, 4) is 0 Å². The minimum absolute atomic E-state index is 0.144. The van der Waals surface area contributed by atoms with Crippen molar-refractivity contribution in [2.24, 2.45) is 0 Å². The summed E-state index contributed by atoms with van der Waals surface area (Å²) in [6.45, 7) is 3.73. The lowest BCUT2D eigenvalue weighted by molar-refractivity contribution is 0.0528. The van der Waals surface area contributed by atoms with E-state index in [4.69, 9.17) is 4.74 Å². The molecule has 1 N–H and O–H groups in total. The zero-order chi connectivity index (χ0) is 15.5. The van der Waals surface area contributed by atoms with E-state index in [0.29, 0.717) is 0 Å². The van der Waals surface area contributed by atoms with Crippen LogP contribution in [-0.2, 0) is 14.8 Å². The van der Waals surface area contributed by atoms with Gasteiger partial charge >= 0.3 is 5.97 Å². The first-order chi connectivity index (χ1) is 9.94. The predicted molar refractivity (Wildman–Crippen MR) is 82.3 cm³/mol. The minimum atomic E-state index is -3.72. The Morgan fingerprint density at radius 1 is 1.29 bits per heavy atom. The Morgan fingerprint density at radius 2 is 1.95 bits per heavy atom. The maximum absolute atomic E-state index is 12.3. The molecule has 0 bridgehead atoms. The van der Waals surface area contributed by atoms with Crippen molar-refractivity contribution in [2.75, 3.05) is 11.3 Å².